The molecule has 1 amide bonds. The SMILES string of the molecule is N#CC(=Cc1cn(-c2ccccc2)nc1-c1ccc(OCc2ccccc2Cl)cc1)C(=O)NCC1CCCO1. The maximum absolute atomic E-state index is 12.8. The van der Waals surface area contributed by atoms with Crippen molar-refractivity contribution in [1.29, 1.82) is 5.26 Å². The van der Waals surface area contributed by atoms with Crippen molar-refractivity contribution in [3.05, 3.63) is 107 Å². The maximum Gasteiger partial charge on any atom is 0.262 e. The van der Waals surface area contributed by atoms with Gasteiger partial charge in [-0.2, -0.15) is 10.4 Å². The largest absolute Gasteiger partial charge is 0.489 e. The highest BCUT2D eigenvalue weighted by Crippen LogP contribution is 2.28. The lowest BCUT2D eigenvalue weighted by Gasteiger charge is -2.10. The zero-order valence-corrected chi connectivity index (χ0v) is 22.0. The van der Waals surface area contributed by atoms with Crippen molar-refractivity contribution < 1.29 is 14.3 Å². The van der Waals surface area contributed by atoms with Crippen LogP contribution in [-0.2, 0) is 16.1 Å². The van der Waals surface area contributed by atoms with Crippen molar-refractivity contribution in [3.8, 4) is 28.8 Å². The number of amides is 1. The van der Waals surface area contributed by atoms with Gasteiger partial charge < -0.3 is 14.8 Å². The fourth-order valence-corrected chi connectivity index (χ4v) is 4.52. The number of carbonyl (C=O) groups excluding carboxylic acids is 1. The Morgan fingerprint density at radius 2 is 1.90 bits per heavy atom. The molecule has 1 saturated heterocycles. The Balaban J connectivity index is 1.40. The number of nitrogens with zero attached hydrogens (tertiary/aromatic N) is 3. The van der Waals surface area contributed by atoms with Crippen molar-refractivity contribution in [3.63, 3.8) is 0 Å². The molecule has 1 fully saturated rings. The monoisotopic (exact) mass is 538 g/mol. The summed E-state index contributed by atoms with van der Waals surface area (Å²) in [5.41, 5.74) is 3.86. The van der Waals surface area contributed by atoms with E-state index in [2.05, 4.69) is 5.32 Å². The number of ether oxygens (including phenoxy) is 2. The first-order chi connectivity index (χ1) is 19.1. The molecule has 1 atom stereocenters. The van der Waals surface area contributed by atoms with E-state index < -0.39 is 5.91 Å². The fourth-order valence-electron chi connectivity index (χ4n) is 4.33. The molecular formula is C31H27ClN4O3. The van der Waals surface area contributed by atoms with E-state index in [4.69, 9.17) is 26.2 Å². The van der Waals surface area contributed by atoms with Crippen molar-refractivity contribution in [2.24, 2.45) is 0 Å². The molecule has 0 aliphatic carbocycles. The van der Waals surface area contributed by atoms with E-state index in [1.165, 1.54) is 0 Å². The number of nitriles is 1. The van der Waals surface area contributed by atoms with Gasteiger partial charge in [0.1, 0.15) is 24.0 Å². The molecule has 0 radical (unpaired) electrons. The molecule has 39 heavy (non-hydrogen) atoms. The van der Waals surface area contributed by atoms with Crippen LogP contribution in [0.25, 0.3) is 23.0 Å². The van der Waals surface area contributed by atoms with Gasteiger partial charge in [0, 0.05) is 41.1 Å². The number of carbonyl (C=O) groups is 1. The van der Waals surface area contributed by atoms with Gasteiger partial charge in [-0.25, -0.2) is 4.68 Å². The Morgan fingerprint density at radius 1 is 1.13 bits per heavy atom. The molecule has 5 rings (SSSR count). The summed E-state index contributed by atoms with van der Waals surface area (Å²) in [6.07, 6.45) is 5.26. The third kappa shape index (κ3) is 6.55. The zero-order chi connectivity index (χ0) is 27.0. The summed E-state index contributed by atoms with van der Waals surface area (Å²) < 4.78 is 13.2. The third-order valence-corrected chi connectivity index (χ3v) is 6.79. The average molecular weight is 539 g/mol. The number of aromatic nitrogens is 2. The second-order valence-corrected chi connectivity index (χ2v) is 9.54. The Kier molecular flexibility index (Phi) is 8.37. The van der Waals surface area contributed by atoms with E-state index in [0.717, 1.165) is 29.7 Å². The van der Waals surface area contributed by atoms with E-state index >= 15 is 0 Å². The number of nitrogens with one attached hydrogen (secondary N) is 1. The Morgan fingerprint density at radius 3 is 2.62 bits per heavy atom. The van der Waals surface area contributed by atoms with Gasteiger partial charge in [0.15, 0.2) is 0 Å². The minimum absolute atomic E-state index is 0.00144. The molecule has 7 nitrogen and oxygen atoms in total. The standard InChI is InChI=1S/C31H27ClN4O3/c32-29-11-5-4-7-23(29)21-39-27-14-12-22(13-15-27)30-25(20-36(35-30)26-8-2-1-3-9-26)17-24(18-33)31(37)34-19-28-10-6-16-38-28/h1-5,7-9,11-15,17,20,28H,6,10,16,19,21H2,(H,34,37). The van der Waals surface area contributed by atoms with E-state index in [1.54, 1.807) is 10.8 Å². The highest BCUT2D eigenvalue weighted by Gasteiger charge is 2.19. The first-order valence-corrected chi connectivity index (χ1v) is 13.1. The number of benzene rings is 3. The van der Waals surface area contributed by atoms with Gasteiger partial charge in [0.2, 0.25) is 0 Å². The summed E-state index contributed by atoms with van der Waals surface area (Å²) in [6.45, 7) is 1.43. The molecule has 2 heterocycles. The van der Waals surface area contributed by atoms with Crippen LogP contribution in [0.15, 0.2) is 90.6 Å². The van der Waals surface area contributed by atoms with Gasteiger partial charge in [-0.3, -0.25) is 4.79 Å². The second-order valence-electron chi connectivity index (χ2n) is 9.13. The normalized spacial score (nSPS) is 15.1. The van der Waals surface area contributed by atoms with Crippen LogP contribution in [0, 0.1) is 11.3 Å². The van der Waals surface area contributed by atoms with Crippen molar-refractivity contribution in [2.75, 3.05) is 13.2 Å². The molecule has 1 N–H and O–H groups in total. The van der Waals surface area contributed by atoms with Crippen LogP contribution in [0.4, 0.5) is 0 Å². The summed E-state index contributed by atoms with van der Waals surface area (Å²) in [4.78, 5) is 12.8. The highest BCUT2D eigenvalue weighted by molar-refractivity contribution is 6.31. The van der Waals surface area contributed by atoms with Crippen LogP contribution >= 0.6 is 11.6 Å². The van der Waals surface area contributed by atoms with Crippen LogP contribution < -0.4 is 10.1 Å². The molecule has 0 bridgehead atoms. The van der Waals surface area contributed by atoms with Gasteiger partial charge in [-0.05, 0) is 61.4 Å². The van der Waals surface area contributed by atoms with Gasteiger partial charge in [0.25, 0.3) is 5.91 Å². The number of para-hydroxylation sites is 1. The zero-order valence-electron chi connectivity index (χ0n) is 21.2. The molecule has 196 valence electrons. The summed E-state index contributed by atoms with van der Waals surface area (Å²) in [5.74, 6) is 0.249. The summed E-state index contributed by atoms with van der Waals surface area (Å²) in [6, 6.07) is 26.8. The van der Waals surface area contributed by atoms with Crippen LogP contribution in [0.1, 0.15) is 24.0 Å². The number of rotatable bonds is 9. The van der Waals surface area contributed by atoms with Gasteiger partial charge >= 0.3 is 0 Å². The Hall–Kier alpha value is -4.38. The predicted octanol–water partition coefficient (Wildman–Crippen LogP) is 5.97. The van der Waals surface area contributed by atoms with Crippen molar-refractivity contribution in [1.82, 2.24) is 15.1 Å². The molecular weight excluding hydrogens is 512 g/mol. The van der Waals surface area contributed by atoms with Crippen LogP contribution in [0.3, 0.4) is 0 Å². The summed E-state index contributed by atoms with van der Waals surface area (Å²) in [7, 11) is 0. The topological polar surface area (TPSA) is 89.2 Å². The lowest BCUT2D eigenvalue weighted by molar-refractivity contribution is -0.117. The number of hydrogen-bond donors (Lipinski definition) is 1. The quantitative estimate of drug-likeness (QED) is 0.209. The molecule has 1 aromatic heterocycles. The third-order valence-electron chi connectivity index (χ3n) is 6.42. The van der Waals surface area contributed by atoms with E-state index in [0.29, 0.717) is 41.8 Å². The minimum atomic E-state index is -0.435. The molecule has 4 aromatic rings. The van der Waals surface area contributed by atoms with E-state index in [-0.39, 0.29) is 11.7 Å². The van der Waals surface area contributed by atoms with Crippen LogP contribution in [-0.4, -0.2) is 34.9 Å². The lowest BCUT2D eigenvalue weighted by atomic mass is 10.1. The maximum atomic E-state index is 12.8. The van der Waals surface area contributed by atoms with Gasteiger partial charge in [-0.1, -0.05) is 48.0 Å². The average Bonchev–Trinajstić information content (AvgIpc) is 3.65. The van der Waals surface area contributed by atoms with Gasteiger partial charge in [-0.15, -0.1) is 0 Å². The minimum Gasteiger partial charge on any atom is -0.489 e. The molecule has 1 aliphatic rings. The Bertz CT molecular complexity index is 1500. The number of hydrogen-bond acceptors (Lipinski definition) is 5. The molecule has 8 heteroatoms. The molecule has 3 aromatic carbocycles. The Labute approximate surface area is 232 Å². The summed E-state index contributed by atoms with van der Waals surface area (Å²) in [5, 5.41) is 18.1. The molecule has 0 spiro atoms. The van der Waals surface area contributed by atoms with Crippen molar-refractivity contribution >= 4 is 23.6 Å². The highest BCUT2D eigenvalue weighted by atomic mass is 35.5. The second kappa shape index (κ2) is 12.4. The van der Waals surface area contributed by atoms with E-state index in [9.17, 15) is 10.1 Å². The lowest BCUT2D eigenvalue weighted by Crippen LogP contribution is -2.32. The van der Waals surface area contributed by atoms with Crippen LogP contribution in [0.2, 0.25) is 5.02 Å². The summed E-state index contributed by atoms with van der Waals surface area (Å²) >= 11 is 6.24. The van der Waals surface area contributed by atoms with Gasteiger partial charge in [0.05, 0.1) is 17.5 Å². The smallest absolute Gasteiger partial charge is 0.262 e. The van der Waals surface area contributed by atoms with E-state index in [1.807, 2.05) is 91.1 Å². The first-order valence-electron chi connectivity index (χ1n) is 12.7. The number of halogens is 1. The molecule has 0 saturated carbocycles. The fraction of sp³-hybridized carbons (Fsp3) is 0.194. The first kappa shape index (κ1) is 26.2. The van der Waals surface area contributed by atoms with Crippen molar-refractivity contribution in [2.45, 2.75) is 25.6 Å². The molecule has 1 unspecified atom stereocenters. The van der Waals surface area contributed by atoms with Crippen LogP contribution in [0.5, 0.6) is 5.75 Å². The predicted molar refractivity (Wildman–Crippen MR) is 150 cm³/mol. The molecule has 1 aliphatic heterocycles.